The van der Waals surface area contributed by atoms with Gasteiger partial charge in [-0.1, -0.05) is 19.9 Å². The molecule has 0 aliphatic carbocycles. The number of thiazole rings is 1. The second-order valence-electron chi connectivity index (χ2n) is 6.14. The van der Waals surface area contributed by atoms with Crippen molar-refractivity contribution in [2.75, 3.05) is 0 Å². The van der Waals surface area contributed by atoms with E-state index in [1.54, 1.807) is 17.5 Å². The van der Waals surface area contributed by atoms with E-state index in [0.717, 1.165) is 34.5 Å². The maximum Gasteiger partial charge on any atom is 0.193 e. The molecule has 0 fully saturated rings. The standard InChI is InChI=1S/C17H18N6S/c1-12(2)9-14-20-16(23(21-14)15-5-3-4-6-18-15)10-13-11-22-7-8-24-17(22)19-13/h3-8,11-12H,9-10H2,1-2H3. The number of hydrogen-bond acceptors (Lipinski definition) is 5. The molecule has 0 atom stereocenters. The Balaban J connectivity index is 1.72. The van der Waals surface area contributed by atoms with Crippen LogP contribution in [0.1, 0.15) is 31.2 Å². The van der Waals surface area contributed by atoms with Crippen molar-refractivity contribution in [1.29, 1.82) is 0 Å². The molecule has 0 N–H and O–H groups in total. The molecular weight excluding hydrogens is 320 g/mol. The number of imidazole rings is 1. The lowest BCUT2D eigenvalue weighted by atomic mass is 10.1. The molecular formula is C17H18N6S. The summed E-state index contributed by atoms with van der Waals surface area (Å²) in [6, 6.07) is 5.81. The monoisotopic (exact) mass is 338 g/mol. The molecule has 0 radical (unpaired) electrons. The van der Waals surface area contributed by atoms with E-state index in [1.807, 2.05) is 45.1 Å². The van der Waals surface area contributed by atoms with E-state index in [0.29, 0.717) is 12.3 Å². The summed E-state index contributed by atoms with van der Waals surface area (Å²) in [5.41, 5.74) is 0.988. The first-order valence-electron chi connectivity index (χ1n) is 7.96. The van der Waals surface area contributed by atoms with E-state index in [1.165, 1.54) is 0 Å². The number of aromatic nitrogens is 6. The SMILES string of the molecule is CC(C)Cc1nc(Cc2cn3ccsc3n2)n(-c2ccccn2)n1. The van der Waals surface area contributed by atoms with Gasteiger partial charge >= 0.3 is 0 Å². The molecule has 24 heavy (non-hydrogen) atoms. The van der Waals surface area contributed by atoms with Gasteiger partial charge in [-0.2, -0.15) is 4.68 Å². The quantitative estimate of drug-likeness (QED) is 0.561. The normalized spacial score (nSPS) is 11.6. The van der Waals surface area contributed by atoms with Crippen LogP contribution in [0.5, 0.6) is 0 Å². The van der Waals surface area contributed by atoms with Crippen LogP contribution < -0.4 is 0 Å². The minimum atomic E-state index is 0.510. The van der Waals surface area contributed by atoms with Crippen molar-refractivity contribution in [3.05, 3.63) is 59.5 Å². The van der Waals surface area contributed by atoms with Crippen molar-refractivity contribution in [3.63, 3.8) is 0 Å². The van der Waals surface area contributed by atoms with Crippen molar-refractivity contribution in [1.82, 2.24) is 29.1 Å². The fourth-order valence-corrected chi connectivity index (χ4v) is 3.36. The molecule has 4 heterocycles. The summed E-state index contributed by atoms with van der Waals surface area (Å²) in [4.78, 5) is 14.8. The molecule has 0 unspecified atom stereocenters. The molecule has 0 bridgehead atoms. The van der Waals surface area contributed by atoms with Gasteiger partial charge in [-0.15, -0.1) is 16.4 Å². The lowest BCUT2D eigenvalue weighted by Gasteiger charge is -2.03. The number of fused-ring (bicyclic) bond motifs is 1. The lowest BCUT2D eigenvalue weighted by Crippen LogP contribution is -2.06. The predicted octanol–water partition coefficient (Wildman–Crippen LogP) is 3.16. The van der Waals surface area contributed by atoms with Crippen molar-refractivity contribution in [2.45, 2.75) is 26.7 Å². The largest absolute Gasteiger partial charge is 0.297 e. The van der Waals surface area contributed by atoms with Crippen molar-refractivity contribution in [2.24, 2.45) is 5.92 Å². The zero-order valence-electron chi connectivity index (χ0n) is 13.6. The van der Waals surface area contributed by atoms with Crippen molar-refractivity contribution >= 4 is 16.3 Å². The Labute approximate surface area is 143 Å². The van der Waals surface area contributed by atoms with Gasteiger partial charge in [-0.3, -0.25) is 4.40 Å². The minimum Gasteiger partial charge on any atom is -0.297 e. The maximum absolute atomic E-state index is 4.74. The van der Waals surface area contributed by atoms with Gasteiger partial charge in [0.1, 0.15) is 5.82 Å². The number of hydrogen-bond donors (Lipinski definition) is 0. The fraction of sp³-hybridized carbons (Fsp3) is 0.294. The third-order valence-electron chi connectivity index (χ3n) is 3.66. The molecule has 6 nitrogen and oxygen atoms in total. The molecule has 0 saturated heterocycles. The Kier molecular flexibility index (Phi) is 3.86. The Morgan fingerprint density at radius 3 is 2.88 bits per heavy atom. The van der Waals surface area contributed by atoms with Crippen molar-refractivity contribution < 1.29 is 0 Å². The minimum absolute atomic E-state index is 0.510. The van der Waals surface area contributed by atoms with E-state index in [2.05, 4.69) is 28.9 Å². The van der Waals surface area contributed by atoms with E-state index in [9.17, 15) is 0 Å². The predicted molar refractivity (Wildman–Crippen MR) is 93.6 cm³/mol. The average molecular weight is 338 g/mol. The summed E-state index contributed by atoms with van der Waals surface area (Å²) in [6.07, 6.45) is 7.33. The van der Waals surface area contributed by atoms with E-state index in [4.69, 9.17) is 4.98 Å². The van der Waals surface area contributed by atoms with Gasteiger partial charge in [0.2, 0.25) is 0 Å². The van der Waals surface area contributed by atoms with E-state index in [-0.39, 0.29) is 0 Å². The molecule has 4 rings (SSSR count). The second-order valence-corrected chi connectivity index (χ2v) is 7.02. The van der Waals surface area contributed by atoms with Crippen LogP contribution in [0.4, 0.5) is 0 Å². The summed E-state index contributed by atoms with van der Waals surface area (Å²) in [7, 11) is 0. The highest BCUT2D eigenvalue weighted by Gasteiger charge is 2.15. The molecule has 0 spiro atoms. The van der Waals surface area contributed by atoms with Crippen LogP contribution in [-0.2, 0) is 12.8 Å². The van der Waals surface area contributed by atoms with Gasteiger partial charge in [0.05, 0.1) is 12.1 Å². The molecule has 0 amide bonds. The Bertz CT molecular complexity index is 921. The zero-order chi connectivity index (χ0) is 16.5. The third kappa shape index (κ3) is 2.94. The topological polar surface area (TPSA) is 60.9 Å². The van der Waals surface area contributed by atoms with Gasteiger partial charge in [-0.05, 0) is 18.1 Å². The third-order valence-corrected chi connectivity index (χ3v) is 4.43. The number of pyridine rings is 1. The molecule has 0 aliphatic rings. The molecule has 0 aliphatic heterocycles. The maximum atomic E-state index is 4.74. The smallest absolute Gasteiger partial charge is 0.193 e. The molecule has 0 saturated carbocycles. The highest BCUT2D eigenvalue weighted by Crippen LogP contribution is 2.16. The van der Waals surface area contributed by atoms with Crippen LogP contribution in [0.15, 0.2) is 42.2 Å². The van der Waals surface area contributed by atoms with Crippen LogP contribution in [0.3, 0.4) is 0 Å². The highest BCUT2D eigenvalue weighted by molar-refractivity contribution is 7.15. The van der Waals surface area contributed by atoms with E-state index >= 15 is 0 Å². The first kappa shape index (κ1) is 15.0. The average Bonchev–Trinajstić information content (AvgIpc) is 3.23. The van der Waals surface area contributed by atoms with Crippen LogP contribution >= 0.6 is 11.3 Å². The van der Waals surface area contributed by atoms with E-state index < -0.39 is 0 Å². The second kappa shape index (κ2) is 6.16. The molecule has 4 aromatic heterocycles. The Morgan fingerprint density at radius 1 is 1.21 bits per heavy atom. The van der Waals surface area contributed by atoms with Crippen LogP contribution in [0.2, 0.25) is 0 Å². The molecule has 4 aromatic rings. The van der Waals surface area contributed by atoms with Crippen LogP contribution in [0, 0.1) is 5.92 Å². The Hall–Kier alpha value is -2.54. The zero-order valence-corrected chi connectivity index (χ0v) is 14.4. The lowest BCUT2D eigenvalue weighted by molar-refractivity contribution is 0.618. The number of nitrogens with zero attached hydrogens (tertiary/aromatic N) is 6. The first-order valence-corrected chi connectivity index (χ1v) is 8.84. The first-order chi connectivity index (χ1) is 11.7. The summed E-state index contributed by atoms with van der Waals surface area (Å²) >= 11 is 1.63. The fourth-order valence-electron chi connectivity index (χ4n) is 2.64. The van der Waals surface area contributed by atoms with Crippen LogP contribution in [-0.4, -0.2) is 29.1 Å². The van der Waals surface area contributed by atoms with Crippen molar-refractivity contribution in [3.8, 4) is 5.82 Å². The highest BCUT2D eigenvalue weighted by atomic mass is 32.1. The molecule has 122 valence electrons. The van der Waals surface area contributed by atoms with Gasteiger partial charge in [0, 0.05) is 30.4 Å². The van der Waals surface area contributed by atoms with Gasteiger partial charge in [0.15, 0.2) is 16.6 Å². The van der Waals surface area contributed by atoms with Gasteiger partial charge < -0.3 is 0 Å². The number of rotatable bonds is 5. The Morgan fingerprint density at radius 2 is 2.12 bits per heavy atom. The summed E-state index contributed by atoms with van der Waals surface area (Å²) in [6.45, 7) is 4.34. The summed E-state index contributed by atoms with van der Waals surface area (Å²) < 4.78 is 3.88. The summed E-state index contributed by atoms with van der Waals surface area (Å²) in [5.74, 6) is 3.02. The molecule has 0 aromatic carbocycles. The van der Waals surface area contributed by atoms with Crippen LogP contribution in [0.25, 0.3) is 10.8 Å². The summed E-state index contributed by atoms with van der Waals surface area (Å²) in [5, 5.41) is 6.70. The van der Waals surface area contributed by atoms with Gasteiger partial charge in [0.25, 0.3) is 0 Å². The molecule has 7 heteroatoms. The van der Waals surface area contributed by atoms with Gasteiger partial charge in [-0.25, -0.2) is 15.0 Å².